The van der Waals surface area contributed by atoms with Crippen molar-refractivity contribution in [3.05, 3.63) is 76.5 Å². The van der Waals surface area contributed by atoms with Crippen molar-refractivity contribution in [2.45, 2.75) is 13.5 Å². The summed E-state index contributed by atoms with van der Waals surface area (Å²) in [6, 6.07) is 13.2. The summed E-state index contributed by atoms with van der Waals surface area (Å²) in [6.45, 7) is 1.68. The molecule has 140 valence electrons. The zero-order chi connectivity index (χ0) is 19.7. The highest BCUT2D eigenvalue weighted by Crippen LogP contribution is 2.19. The summed E-state index contributed by atoms with van der Waals surface area (Å²) in [5.41, 5.74) is 2.83. The number of nitrogens with zero attached hydrogens (tertiary/aromatic N) is 3. The number of carbonyl (C=O) groups excluding carboxylic acids is 1. The molecule has 0 aliphatic heterocycles. The van der Waals surface area contributed by atoms with Crippen LogP contribution in [0.15, 0.2) is 59.5 Å². The van der Waals surface area contributed by atoms with Gasteiger partial charge in [0.25, 0.3) is 5.56 Å². The first kappa shape index (κ1) is 17.6. The van der Waals surface area contributed by atoms with Crippen LogP contribution in [-0.4, -0.2) is 25.9 Å². The molecule has 7 nitrogen and oxygen atoms in total. The number of benzene rings is 2. The number of anilines is 1. The quantitative estimate of drug-likeness (QED) is 0.572. The van der Waals surface area contributed by atoms with E-state index in [1.807, 2.05) is 12.1 Å². The zero-order valence-electron chi connectivity index (χ0n) is 14.9. The maximum Gasteiger partial charge on any atom is 0.253 e. The van der Waals surface area contributed by atoms with Gasteiger partial charge in [0.1, 0.15) is 11.5 Å². The number of hydrogen-bond acceptors (Lipinski definition) is 4. The Kier molecular flexibility index (Phi) is 4.44. The Morgan fingerprint density at radius 1 is 1.18 bits per heavy atom. The second-order valence-corrected chi connectivity index (χ2v) is 6.42. The Hall–Kier alpha value is -3.81. The highest BCUT2D eigenvalue weighted by Gasteiger charge is 2.08. The topological polar surface area (TPSA) is 92.7 Å². The zero-order valence-corrected chi connectivity index (χ0v) is 14.9. The number of carbonyl (C=O) groups is 1. The molecule has 4 rings (SSSR count). The van der Waals surface area contributed by atoms with Gasteiger partial charge in [-0.3, -0.25) is 9.59 Å². The van der Waals surface area contributed by atoms with Gasteiger partial charge < -0.3 is 10.3 Å². The van der Waals surface area contributed by atoms with Crippen LogP contribution in [0.1, 0.15) is 12.5 Å². The number of H-pyrrole nitrogens is 1. The van der Waals surface area contributed by atoms with E-state index in [4.69, 9.17) is 0 Å². The monoisotopic (exact) mass is 377 g/mol. The van der Waals surface area contributed by atoms with Gasteiger partial charge in [-0.25, -0.2) is 9.07 Å². The van der Waals surface area contributed by atoms with Crippen LogP contribution in [0.5, 0.6) is 0 Å². The predicted octanol–water partition coefficient (Wildman–Crippen LogP) is 2.93. The van der Waals surface area contributed by atoms with Gasteiger partial charge in [-0.1, -0.05) is 17.3 Å². The van der Waals surface area contributed by atoms with Gasteiger partial charge in [0.05, 0.1) is 18.3 Å². The second kappa shape index (κ2) is 7.07. The van der Waals surface area contributed by atoms with Crippen LogP contribution in [0, 0.1) is 5.82 Å². The summed E-state index contributed by atoms with van der Waals surface area (Å²) >= 11 is 0. The molecule has 2 aromatic carbocycles. The van der Waals surface area contributed by atoms with Crippen molar-refractivity contribution in [3.63, 3.8) is 0 Å². The van der Waals surface area contributed by atoms with E-state index in [1.54, 1.807) is 35.1 Å². The fourth-order valence-electron chi connectivity index (χ4n) is 2.95. The van der Waals surface area contributed by atoms with Crippen LogP contribution in [0.4, 0.5) is 10.1 Å². The molecule has 0 spiro atoms. The largest absolute Gasteiger partial charge is 0.326 e. The molecule has 8 heteroatoms. The number of halogens is 1. The lowest BCUT2D eigenvalue weighted by Crippen LogP contribution is -2.16. The molecule has 0 atom stereocenters. The molecule has 28 heavy (non-hydrogen) atoms. The first-order valence-electron chi connectivity index (χ1n) is 8.57. The molecule has 0 unspecified atom stereocenters. The van der Waals surface area contributed by atoms with E-state index in [0.717, 1.165) is 10.9 Å². The fraction of sp³-hybridized carbons (Fsp3) is 0.100. The molecule has 2 N–H and O–H groups in total. The third-order valence-electron chi connectivity index (χ3n) is 4.26. The van der Waals surface area contributed by atoms with E-state index < -0.39 is 5.82 Å². The predicted molar refractivity (Wildman–Crippen MR) is 103 cm³/mol. The van der Waals surface area contributed by atoms with Gasteiger partial charge in [-0.05, 0) is 41.8 Å². The van der Waals surface area contributed by atoms with Gasteiger partial charge in [0, 0.05) is 23.7 Å². The van der Waals surface area contributed by atoms with Crippen LogP contribution < -0.4 is 10.9 Å². The molecule has 0 aliphatic rings. The average molecular weight is 377 g/mol. The highest BCUT2D eigenvalue weighted by molar-refractivity contribution is 5.88. The number of rotatable bonds is 4. The van der Waals surface area contributed by atoms with Gasteiger partial charge in [0.2, 0.25) is 5.91 Å². The summed E-state index contributed by atoms with van der Waals surface area (Å²) < 4.78 is 14.9. The Bertz CT molecular complexity index is 1230. The fourth-order valence-corrected chi connectivity index (χ4v) is 2.95. The molecule has 0 saturated heterocycles. The molecular formula is C20H16FN5O2. The highest BCUT2D eigenvalue weighted by atomic mass is 19.1. The van der Waals surface area contributed by atoms with Crippen molar-refractivity contribution in [2.75, 3.05) is 5.32 Å². The molecule has 0 aliphatic carbocycles. The first-order chi connectivity index (χ1) is 13.5. The van der Waals surface area contributed by atoms with Crippen LogP contribution in [0.2, 0.25) is 0 Å². The summed E-state index contributed by atoms with van der Waals surface area (Å²) in [7, 11) is 0. The van der Waals surface area contributed by atoms with Crippen molar-refractivity contribution < 1.29 is 9.18 Å². The van der Waals surface area contributed by atoms with Crippen molar-refractivity contribution in [2.24, 2.45) is 0 Å². The Morgan fingerprint density at radius 2 is 1.96 bits per heavy atom. The van der Waals surface area contributed by atoms with Crippen molar-refractivity contribution in [1.82, 2.24) is 20.0 Å². The Labute approximate surface area is 158 Å². The average Bonchev–Trinajstić information content (AvgIpc) is 3.11. The molecule has 4 aromatic rings. The van der Waals surface area contributed by atoms with Crippen molar-refractivity contribution in [3.8, 4) is 11.3 Å². The maximum absolute atomic E-state index is 13.3. The second-order valence-electron chi connectivity index (χ2n) is 6.42. The summed E-state index contributed by atoms with van der Waals surface area (Å²) in [6.07, 6.45) is 1.74. The first-order valence-corrected chi connectivity index (χ1v) is 8.57. The van der Waals surface area contributed by atoms with E-state index in [2.05, 4.69) is 20.6 Å². The molecule has 0 radical (unpaired) electrons. The van der Waals surface area contributed by atoms with E-state index >= 15 is 0 Å². The SMILES string of the molecule is CC(=O)Nc1ccc(-c2cn(Cc3cc4ccc(F)cc4[nH]c3=O)nn2)cc1. The minimum atomic E-state index is -0.402. The standard InChI is InChI=1S/C20H16FN5O2/c1-12(27)22-17-6-3-13(4-7-17)19-11-26(25-24-19)10-15-8-14-2-5-16(21)9-18(14)23-20(15)28/h2-9,11H,10H2,1H3,(H,22,27)(H,23,28). The third kappa shape index (κ3) is 3.66. The van der Waals surface area contributed by atoms with Crippen molar-refractivity contribution in [1.29, 1.82) is 0 Å². The lowest BCUT2D eigenvalue weighted by atomic mass is 10.1. The number of fused-ring (bicyclic) bond motifs is 1. The van der Waals surface area contributed by atoms with E-state index in [1.165, 1.54) is 19.1 Å². The van der Waals surface area contributed by atoms with Gasteiger partial charge in [0.15, 0.2) is 0 Å². The number of aromatic amines is 1. The Balaban J connectivity index is 1.57. The molecule has 0 fully saturated rings. The molecule has 0 saturated carbocycles. The van der Waals surface area contributed by atoms with E-state index in [0.29, 0.717) is 22.5 Å². The van der Waals surface area contributed by atoms with Crippen molar-refractivity contribution >= 4 is 22.5 Å². The smallest absolute Gasteiger partial charge is 0.253 e. The van der Waals surface area contributed by atoms with E-state index in [9.17, 15) is 14.0 Å². The molecular weight excluding hydrogens is 361 g/mol. The number of nitrogens with one attached hydrogen (secondary N) is 2. The number of hydrogen-bond donors (Lipinski definition) is 2. The molecule has 2 aromatic heterocycles. The summed E-state index contributed by atoms with van der Waals surface area (Å²) in [5, 5.41) is 11.7. The summed E-state index contributed by atoms with van der Waals surface area (Å²) in [5.74, 6) is -0.539. The Morgan fingerprint density at radius 3 is 2.71 bits per heavy atom. The summed E-state index contributed by atoms with van der Waals surface area (Å²) in [4.78, 5) is 26.1. The van der Waals surface area contributed by atoms with Gasteiger partial charge in [-0.15, -0.1) is 5.10 Å². The van der Waals surface area contributed by atoms with Crippen LogP contribution in [0.25, 0.3) is 22.2 Å². The minimum Gasteiger partial charge on any atom is -0.326 e. The number of amides is 1. The lowest BCUT2D eigenvalue weighted by Gasteiger charge is -2.04. The lowest BCUT2D eigenvalue weighted by molar-refractivity contribution is -0.114. The molecule has 0 bridgehead atoms. The minimum absolute atomic E-state index is 0.137. The van der Waals surface area contributed by atoms with Crippen LogP contribution >= 0.6 is 0 Å². The number of pyridine rings is 1. The normalized spacial score (nSPS) is 10.9. The third-order valence-corrected chi connectivity index (χ3v) is 4.26. The number of aromatic nitrogens is 4. The van der Waals surface area contributed by atoms with E-state index in [-0.39, 0.29) is 18.0 Å². The van der Waals surface area contributed by atoms with Crippen LogP contribution in [-0.2, 0) is 11.3 Å². The molecule has 1 amide bonds. The maximum atomic E-state index is 13.3. The molecule has 2 heterocycles. The van der Waals surface area contributed by atoms with Gasteiger partial charge in [-0.2, -0.15) is 0 Å². The van der Waals surface area contributed by atoms with Crippen LogP contribution in [0.3, 0.4) is 0 Å². The van der Waals surface area contributed by atoms with Gasteiger partial charge >= 0.3 is 0 Å².